The Hall–Kier alpha value is -2.22. The number of rotatable bonds is 1. The van der Waals surface area contributed by atoms with Gasteiger partial charge in [-0.25, -0.2) is 4.68 Å². The van der Waals surface area contributed by atoms with Gasteiger partial charge in [0.2, 0.25) is 0 Å². The van der Waals surface area contributed by atoms with Gasteiger partial charge in [-0.1, -0.05) is 23.7 Å². The molecule has 20 heavy (non-hydrogen) atoms. The fraction of sp³-hybridized carbons (Fsp3) is 0.0909. The molecule has 3 N–H and O–H groups in total. The zero-order valence-corrected chi connectivity index (χ0v) is 10.5. The van der Waals surface area contributed by atoms with Crippen molar-refractivity contribution in [3.8, 4) is 5.69 Å². The number of alkyl halides is 3. The highest BCUT2D eigenvalue weighted by Crippen LogP contribution is 2.37. The van der Waals surface area contributed by atoms with E-state index in [1.165, 1.54) is 0 Å². The summed E-state index contributed by atoms with van der Waals surface area (Å²) < 4.78 is 40.0. The van der Waals surface area contributed by atoms with E-state index in [4.69, 9.17) is 17.3 Å². The van der Waals surface area contributed by atoms with Crippen LogP contribution in [0.5, 0.6) is 0 Å². The van der Waals surface area contributed by atoms with E-state index in [1.807, 2.05) is 0 Å². The first-order chi connectivity index (χ1) is 9.39. The van der Waals surface area contributed by atoms with Crippen molar-refractivity contribution in [1.82, 2.24) is 20.0 Å². The van der Waals surface area contributed by atoms with Gasteiger partial charge in [0.1, 0.15) is 5.82 Å². The molecule has 0 radical (unpaired) electrons. The molecular formula is C11H7ClF3N5. The number of nitrogens with zero attached hydrogens (tertiary/aromatic N) is 3. The Balaban J connectivity index is 2.36. The summed E-state index contributed by atoms with van der Waals surface area (Å²) in [6, 6.07) is 6.39. The monoisotopic (exact) mass is 301 g/mol. The van der Waals surface area contributed by atoms with Crippen LogP contribution in [0, 0.1) is 0 Å². The van der Waals surface area contributed by atoms with Crippen LogP contribution in [0.15, 0.2) is 24.3 Å². The van der Waals surface area contributed by atoms with Crippen molar-refractivity contribution < 1.29 is 13.2 Å². The average molecular weight is 302 g/mol. The first-order valence-electron chi connectivity index (χ1n) is 5.44. The van der Waals surface area contributed by atoms with Gasteiger partial charge in [0.25, 0.3) is 0 Å². The molecule has 0 aliphatic carbocycles. The van der Waals surface area contributed by atoms with Crippen LogP contribution < -0.4 is 5.73 Å². The van der Waals surface area contributed by atoms with Crippen molar-refractivity contribution in [2.24, 2.45) is 0 Å². The first kappa shape index (κ1) is 12.8. The fourth-order valence-corrected chi connectivity index (χ4v) is 2.14. The summed E-state index contributed by atoms with van der Waals surface area (Å²) in [4.78, 5) is 0. The molecule has 0 saturated heterocycles. The zero-order chi connectivity index (χ0) is 14.5. The molecule has 104 valence electrons. The van der Waals surface area contributed by atoms with Crippen molar-refractivity contribution >= 4 is 28.5 Å². The third kappa shape index (κ3) is 1.80. The summed E-state index contributed by atoms with van der Waals surface area (Å²) in [5, 5.41) is 9.63. The van der Waals surface area contributed by atoms with E-state index in [0.717, 1.165) is 4.68 Å². The minimum absolute atomic E-state index is 0.0251. The standard InChI is InChI=1S/C11H7ClF3N5/c12-5-3-1-2-4-6(5)20-10-7(9(16)17-18-10)8(19-20)11(13,14)15/h1-4H,(H3,16,17,18). The Labute approximate surface area is 115 Å². The second-order valence-corrected chi connectivity index (χ2v) is 4.45. The summed E-state index contributed by atoms with van der Waals surface area (Å²) >= 11 is 5.98. The van der Waals surface area contributed by atoms with Crippen molar-refractivity contribution in [2.75, 3.05) is 5.73 Å². The number of aromatic amines is 1. The van der Waals surface area contributed by atoms with Gasteiger partial charge >= 0.3 is 6.18 Å². The molecule has 2 heterocycles. The number of nitrogen functional groups attached to an aromatic ring is 1. The quantitative estimate of drug-likeness (QED) is 0.725. The average Bonchev–Trinajstić information content (AvgIpc) is 2.91. The SMILES string of the molecule is Nc1[nH]nc2c1c(C(F)(F)F)nn2-c1ccccc1Cl. The van der Waals surface area contributed by atoms with Gasteiger partial charge in [-0.2, -0.15) is 23.4 Å². The van der Waals surface area contributed by atoms with E-state index in [1.54, 1.807) is 24.3 Å². The lowest BCUT2D eigenvalue weighted by Gasteiger charge is -2.04. The van der Waals surface area contributed by atoms with Crippen molar-refractivity contribution in [2.45, 2.75) is 6.18 Å². The lowest BCUT2D eigenvalue weighted by atomic mass is 10.3. The minimum atomic E-state index is -4.64. The summed E-state index contributed by atoms with van der Waals surface area (Å²) in [5.41, 5.74) is 4.67. The Bertz CT molecular complexity index is 789. The van der Waals surface area contributed by atoms with Gasteiger partial charge in [-0.15, -0.1) is 0 Å². The van der Waals surface area contributed by atoms with Crippen molar-refractivity contribution in [3.63, 3.8) is 0 Å². The van der Waals surface area contributed by atoms with Crippen LogP contribution >= 0.6 is 11.6 Å². The highest BCUT2D eigenvalue weighted by atomic mass is 35.5. The van der Waals surface area contributed by atoms with E-state index >= 15 is 0 Å². The number of H-pyrrole nitrogens is 1. The molecule has 0 spiro atoms. The Morgan fingerprint density at radius 2 is 1.95 bits per heavy atom. The molecule has 0 aliphatic heterocycles. The normalized spacial score (nSPS) is 12.2. The highest BCUT2D eigenvalue weighted by Gasteiger charge is 2.39. The predicted molar refractivity (Wildman–Crippen MR) is 67.6 cm³/mol. The third-order valence-electron chi connectivity index (χ3n) is 2.76. The maximum absolute atomic E-state index is 13.0. The molecule has 0 unspecified atom stereocenters. The van der Waals surface area contributed by atoms with Crippen LogP contribution in [-0.4, -0.2) is 20.0 Å². The predicted octanol–water partition coefficient (Wildman–Crippen LogP) is 3.00. The van der Waals surface area contributed by atoms with Gasteiger partial charge in [-0.05, 0) is 12.1 Å². The minimum Gasteiger partial charge on any atom is -0.383 e. The molecular weight excluding hydrogens is 295 g/mol. The summed E-state index contributed by atoms with van der Waals surface area (Å²) in [5.74, 6) is -0.189. The van der Waals surface area contributed by atoms with Gasteiger partial charge in [0.05, 0.1) is 16.1 Å². The molecule has 0 saturated carbocycles. The summed E-state index contributed by atoms with van der Waals surface area (Å²) in [6.45, 7) is 0. The van der Waals surface area contributed by atoms with E-state index in [9.17, 15) is 13.2 Å². The number of aromatic nitrogens is 4. The molecule has 2 aromatic heterocycles. The zero-order valence-electron chi connectivity index (χ0n) is 9.74. The van der Waals surface area contributed by atoms with Crippen LogP contribution in [-0.2, 0) is 6.18 Å². The molecule has 0 aliphatic rings. The fourth-order valence-electron chi connectivity index (χ4n) is 1.92. The molecule has 9 heteroatoms. The van der Waals surface area contributed by atoms with E-state index in [-0.39, 0.29) is 21.9 Å². The maximum Gasteiger partial charge on any atom is 0.436 e. The number of anilines is 1. The summed E-state index contributed by atoms with van der Waals surface area (Å²) in [7, 11) is 0. The van der Waals surface area contributed by atoms with Gasteiger partial charge in [0, 0.05) is 0 Å². The Morgan fingerprint density at radius 3 is 2.60 bits per heavy atom. The van der Waals surface area contributed by atoms with Crippen molar-refractivity contribution in [3.05, 3.63) is 35.0 Å². The summed E-state index contributed by atoms with van der Waals surface area (Å²) in [6.07, 6.45) is -4.64. The van der Waals surface area contributed by atoms with Gasteiger partial charge in [0.15, 0.2) is 11.3 Å². The van der Waals surface area contributed by atoms with Crippen LogP contribution in [0.3, 0.4) is 0 Å². The lowest BCUT2D eigenvalue weighted by Crippen LogP contribution is -2.09. The molecule has 1 aromatic carbocycles. The number of benzene rings is 1. The second kappa shape index (κ2) is 4.14. The van der Waals surface area contributed by atoms with Crippen molar-refractivity contribution in [1.29, 1.82) is 0 Å². The van der Waals surface area contributed by atoms with E-state index < -0.39 is 11.9 Å². The smallest absolute Gasteiger partial charge is 0.383 e. The number of nitrogens with two attached hydrogens (primary N) is 1. The number of nitrogens with one attached hydrogen (secondary N) is 1. The number of hydrogen-bond donors (Lipinski definition) is 2. The number of hydrogen-bond acceptors (Lipinski definition) is 3. The van der Waals surface area contributed by atoms with Crippen LogP contribution in [0.4, 0.5) is 19.0 Å². The van der Waals surface area contributed by atoms with Crippen LogP contribution in [0.2, 0.25) is 5.02 Å². The van der Waals surface area contributed by atoms with Gasteiger partial charge in [-0.3, -0.25) is 5.10 Å². The number of para-hydroxylation sites is 1. The van der Waals surface area contributed by atoms with Gasteiger partial charge < -0.3 is 5.73 Å². The molecule has 0 fully saturated rings. The van der Waals surface area contributed by atoms with Crippen LogP contribution in [0.25, 0.3) is 16.7 Å². The molecule has 0 amide bonds. The Kier molecular flexibility index (Phi) is 2.65. The number of halogens is 4. The molecule has 0 atom stereocenters. The van der Waals surface area contributed by atoms with Crippen LogP contribution in [0.1, 0.15) is 5.69 Å². The largest absolute Gasteiger partial charge is 0.436 e. The number of fused-ring (bicyclic) bond motifs is 1. The maximum atomic E-state index is 13.0. The topological polar surface area (TPSA) is 72.5 Å². The molecule has 3 rings (SSSR count). The Morgan fingerprint density at radius 1 is 1.25 bits per heavy atom. The first-order valence-corrected chi connectivity index (χ1v) is 5.82. The molecule has 0 bridgehead atoms. The molecule has 5 nitrogen and oxygen atoms in total. The molecule has 3 aromatic rings. The van der Waals surface area contributed by atoms with E-state index in [2.05, 4.69) is 15.3 Å². The highest BCUT2D eigenvalue weighted by molar-refractivity contribution is 6.32. The van der Waals surface area contributed by atoms with E-state index in [0.29, 0.717) is 5.69 Å². The lowest BCUT2D eigenvalue weighted by molar-refractivity contribution is -0.140. The third-order valence-corrected chi connectivity index (χ3v) is 3.08. The second-order valence-electron chi connectivity index (χ2n) is 4.05.